The van der Waals surface area contributed by atoms with E-state index < -0.39 is 22.8 Å². The number of nitro groups is 1. The normalized spacial score (nSPS) is 12.1. The van der Waals surface area contributed by atoms with Gasteiger partial charge in [-0.25, -0.2) is 4.79 Å². The van der Waals surface area contributed by atoms with Crippen molar-refractivity contribution in [3.8, 4) is 0 Å². The smallest absolute Gasteiger partial charge is 0.328 e. The maximum absolute atomic E-state index is 12.2. The Hall–Kier alpha value is -2.44. The van der Waals surface area contributed by atoms with E-state index in [1.165, 1.54) is 24.3 Å². The van der Waals surface area contributed by atoms with Gasteiger partial charge in [-0.05, 0) is 38.3 Å². The first kappa shape index (κ1) is 18.6. The third kappa shape index (κ3) is 6.06. The number of rotatable bonds is 7. The van der Waals surface area contributed by atoms with Gasteiger partial charge >= 0.3 is 5.97 Å². The van der Waals surface area contributed by atoms with Crippen LogP contribution in [0.1, 0.15) is 44.5 Å². The number of nitrogens with zero attached hydrogens (tertiary/aromatic N) is 1. The number of benzene rings is 1. The predicted octanol–water partition coefficient (Wildman–Crippen LogP) is 2.69. The van der Waals surface area contributed by atoms with Gasteiger partial charge in [-0.3, -0.25) is 14.9 Å². The summed E-state index contributed by atoms with van der Waals surface area (Å²) in [6.45, 7) is 7.35. The van der Waals surface area contributed by atoms with Crippen molar-refractivity contribution in [2.24, 2.45) is 5.92 Å². The molecule has 23 heavy (non-hydrogen) atoms. The van der Waals surface area contributed by atoms with Gasteiger partial charge in [0.05, 0.1) is 11.0 Å². The summed E-state index contributed by atoms with van der Waals surface area (Å²) in [5, 5.41) is 13.3. The Kier molecular flexibility index (Phi) is 6.68. The van der Waals surface area contributed by atoms with Crippen LogP contribution in [0, 0.1) is 16.0 Å². The zero-order chi connectivity index (χ0) is 17.6. The highest BCUT2D eigenvalue weighted by atomic mass is 16.6. The summed E-state index contributed by atoms with van der Waals surface area (Å²) in [6, 6.07) is 4.46. The van der Waals surface area contributed by atoms with E-state index in [0.717, 1.165) is 0 Å². The molecule has 1 amide bonds. The number of nitrogens with one attached hydrogen (secondary N) is 1. The van der Waals surface area contributed by atoms with E-state index in [4.69, 9.17) is 4.74 Å². The predicted molar refractivity (Wildman–Crippen MR) is 85.0 cm³/mol. The summed E-state index contributed by atoms with van der Waals surface area (Å²) >= 11 is 0. The highest BCUT2D eigenvalue weighted by Gasteiger charge is 2.24. The molecule has 0 aliphatic rings. The van der Waals surface area contributed by atoms with Crippen molar-refractivity contribution in [3.63, 3.8) is 0 Å². The summed E-state index contributed by atoms with van der Waals surface area (Å²) in [5.41, 5.74) is 0.154. The van der Waals surface area contributed by atoms with Crippen LogP contribution in [-0.4, -0.2) is 28.9 Å². The Morgan fingerprint density at radius 2 is 1.74 bits per heavy atom. The van der Waals surface area contributed by atoms with Crippen molar-refractivity contribution in [1.29, 1.82) is 0 Å². The first-order valence-electron chi connectivity index (χ1n) is 7.46. The molecule has 1 aromatic rings. The Bertz CT molecular complexity index is 566. The summed E-state index contributed by atoms with van der Waals surface area (Å²) in [4.78, 5) is 34.4. The van der Waals surface area contributed by atoms with Crippen molar-refractivity contribution in [2.45, 2.75) is 46.3 Å². The summed E-state index contributed by atoms with van der Waals surface area (Å²) < 4.78 is 5.16. The first-order chi connectivity index (χ1) is 10.7. The average Bonchev–Trinajstić information content (AvgIpc) is 2.45. The summed E-state index contributed by atoms with van der Waals surface area (Å²) in [5.74, 6) is -0.757. The minimum Gasteiger partial charge on any atom is -0.461 e. The Morgan fingerprint density at radius 1 is 1.17 bits per heavy atom. The molecule has 1 aromatic carbocycles. The largest absolute Gasteiger partial charge is 0.461 e. The molecule has 0 aliphatic carbocycles. The molecule has 0 fully saturated rings. The minimum atomic E-state index is -0.750. The molecule has 0 unspecified atom stereocenters. The molecule has 7 heteroatoms. The van der Waals surface area contributed by atoms with Gasteiger partial charge < -0.3 is 10.1 Å². The van der Waals surface area contributed by atoms with E-state index in [1.54, 1.807) is 13.8 Å². The second-order valence-corrected chi connectivity index (χ2v) is 5.95. The second kappa shape index (κ2) is 8.26. The molecule has 0 radical (unpaired) electrons. The fraction of sp³-hybridized carbons (Fsp3) is 0.500. The second-order valence-electron chi connectivity index (χ2n) is 5.95. The molecule has 1 N–H and O–H groups in total. The van der Waals surface area contributed by atoms with Crippen molar-refractivity contribution in [2.75, 3.05) is 0 Å². The molecule has 1 rings (SSSR count). The van der Waals surface area contributed by atoms with Crippen LogP contribution in [-0.2, 0) is 9.53 Å². The average molecular weight is 322 g/mol. The van der Waals surface area contributed by atoms with Crippen LogP contribution < -0.4 is 5.32 Å². The quantitative estimate of drug-likeness (QED) is 0.473. The Labute approximate surface area is 135 Å². The molecular formula is C16H22N2O5. The van der Waals surface area contributed by atoms with Gasteiger partial charge in [-0.15, -0.1) is 0 Å². The van der Waals surface area contributed by atoms with Crippen LogP contribution in [0.3, 0.4) is 0 Å². The third-order valence-electron chi connectivity index (χ3n) is 2.99. The zero-order valence-corrected chi connectivity index (χ0v) is 13.7. The van der Waals surface area contributed by atoms with E-state index in [9.17, 15) is 19.7 Å². The Morgan fingerprint density at radius 3 is 2.17 bits per heavy atom. The fourth-order valence-corrected chi connectivity index (χ4v) is 1.98. The first-order valence-corrected chi connectivity index (χ1v) is 7.46. The monoisotopic (exact) mass is 322 g/mol. The van der Waals surface area contributed by atoms with Crippen molar-refractivity contribution < 1.29 is 19.2 Å². The van der Waals surface area contributed by atoms with E-state index in [2.05, 4.69) is 5.32 Å². The summed E-state index contributed by atoms with van der Waals surface area (Å²) in [7, 11) is 0. The molecule has 126 valence electrons. The third-order valence-corrected chi connectivity index (χ3v) is 2.99. The topological polar surface area (TPSA) is 98.5 Å². The molecule has 0 bridgehead atoms. The van der Waals surface area contributed by atoms with Crippen LogP contribution in [0.4, 0.5) is 5.69 Å². The van der Waals surface area contributed by atoms with Gasteiger partial charge in [0.1, 0.15) is 6.04 Å². The fourth-order valence-electron chi connectivity index (χ4n) is 1.98. The van der Waals surface area contributed by atoms with Crippen LogP contribution in [0.2, 0.25) is 0 Å². The van der Waals surface area contributed by atoms with Crippen molar-refractivity contribution in [1.82, 2.24) is 5.32 Å². The maximum atomic E-state index is 12.2. The van der Waals surface area contributed by atoms with Gasteiger partial charge in [0.25, 0.3) is 11.6 Å². The number of carbonyl (C=O) groups is 2. The van der Waals surface area contributed by atoms with Gasteiger partial charge in [-0.2, -0.15) is 0 Å². The standard InChI is InChI=1S/C16H22N2O5/c1-10(2)9-14(16(20)23-11(3)4)17-15(19)12-5-7-13(8-6-12)18(21)22/h5-8,10-11,14H,9H2,1-4H3,(H,17,19)/t14-/m1/s1. The molecular weight excluding hydrogens is 300 g/mol. The van der Waals surface area contributed by atoms with E-state index in [1.807, 2.05) is 13.8 Å². The number of nitro benzene ring substituents is 1. The molecule has 0 heterocycles. The number of hydrogen-bond acceptors (Lipinski definition) is 5. The lowest BCUT2D eigenvalue weighted by atomic mass is 10.0. The minimum absolute atomic E-state index is 0.0977. The van der Waals surface area contributed by atoms with Crippen LogP contribution in [0.15, 0.2) is 24.3 Å². The number of esters is 1. The molecule has 0 aliphatic heterocycles. The van der Waals surface area contributed by atoms with Gasteiger partial charge in [0.2, 0.25) is 0 Å². The van der Waals surface area contributed by atoms with E-state index in [0.29, 0.717) is 6.42 Å². The molecule has 0 saturated heterocycles. The highest BCUT2D eigenvalue weighted by Crippen LogP contribution is 2.13. The zero-order valence-electron chi connectivity index (χ0n) is 13.7. The van der Waals surface area contributed by atoms with E-state index in [-0.39, 0.29) is 23.3 Å². The summed E-state index contributed by atoms with van der Waals surface area (Å²) in [6.07, 6.45) is 0.179. The van der Waals surface area contributed by atoms with Gasteiger partial charge in [0, 0.05) is 17.7 Å². The maximum Gasteiger partial charge on any atom is 0.328 e. The van der Waals surface area contributed by atoms with Crippen molar-refractivity contribution >= 4 is 17.6 Å². The molecule has 7 nitrogen and oxygen atoms in total. The lowest BCUT2D eigenvalue weighted by molar-refractivity contribution is -0.384. The van der Waals surface area contributed by atoms with Crippen LogP contribution in [0.5, 0.6) is 0 Å². The molecule has 1 atom stereocenters. The highest BCUT2D eigenvalue weighted by molar-refractivity contribution is 5.96. The Balaban J connectivity index is 2.83. The van der Waals surface area contributed by atoms with Crippen molar-refractivity contribution in [3.05, 3.63) is 39.9 Å². The number of amides is 1. The number of ether oxygens (including phenoxy) is 1. The molecule has 0 aromatic heterocycles. The van der Waals surface area contributed by atoms with Gasteiger partial charge in [0.15, 0.2) is 0 Å². The van der Waals surface area contributed by atoms with Crippen LogP contribution >= 0.6 is 0 Å². The SMILES string of the molecule is CC(C)C[C@@H](NC(=O)c1ccc([N+](=O)[O-])cc1)C(=O)OC(C)C. The number of carbonyl (C=O) groups excluding carboxylic acids is 2. The molecule has 0 saturated carbocycles. The van der Waals surface area contributed by atoms with E-state index >= 15 is 0 Å². The lowest BCUT2D eigenvalue weighted by Crippen LogP contribution is -2.43. The molecule has 0 spiro atoms. The number of non-ortho nitro benzene ring substituents is 1. The number of hydrogen-bond donors (Lipinski definition) is 1. The van der Waals surface area contributed by atoms with Gasteiger partial charge in [-0.1, -0.05) is 13.8 Å². The van der Waals surface area contributed by atoms with Crippen LogP contribution in [0.25, 0.3) is 0 Å². The lowest BCUT2D eigenvalue weighted by Gasteiger charge is -2.20.